The first-order valence-corrected chi connectivity index (χ1v) is 7.25. The number of fused-ring (bicyclic) bond motifs is 1. The summed E-state index contributed by atoms with van der Waals surface area (Å²) in [6.45, 7) is 8.96. The average Bonchev–Trinajstić information content (AvgIpc) is 2.44. The molecule has 0 aliphatic heterocycles. The molecular formula is C18H24. The van der Waals surface area contributed by atoms with Crippen molar-refractivity contribution in [1.82, 2.24) is 0 Å². The lowest BCUT2D eigenvalue weighted by Gasteiger charge is -2.23. The Bertz CT molecular complexity index is 573. The van der Waals surface area contributed by atoms with Gasteiger partial charge in [0.15, 0.2) is 0 Å². The Balaban J connectivity index is 2.75. The lowest BCUT2D eigenvalue weighted by Crippen LogP contribution is -2.34. The summed E-state index contributed by atoms with van der Waals surface area (Å²) in [7, 11) is 0. The van der Waals surface area contributed by atoms with Crippen LogP contribution in [0, 0.1) is 0 Å². The average molecular weight is 240 g/mol. The normalized spacial score (nSPS) is 19.2. The Morgan fingerprint density at radius 1 is 1.06 bits per heavy atom. The molecule has 0 heteroatoms. The van der Waals surface area contributed by atoms with Gasteiger partial charge in [-0.25, -0.2) is 0 Å². The van der Waals surface area contributed by atoms with Crippen molar-refractivity contribution in [3.05, 3.63) is 45.3 Å². The van der Waals surface area contributed by atoms with E-state index >= 15 is 0 Å². The van der Waals surface area contributed by atoms with Crippen molar-refractivity contribution in [1.29, 1.82) is 0 Å². The molecule has 0 bridgehead atoms. The van der Waals surface area contributed by atoms with Crippen molar-refractivity contribution < 1.29 is 0 Å². The SMILES string of the molecule is C/C=c1\c(CC)ccc2c1=CC=C(CC)C2CC. The summed E-state index contributed by atoms with van der Waals surface area (Å²) in [5.74, 6) is 0.625. The summed E-state index contributed by atoms with van der Waals surface area (Å²) < 4.78 is 0. The van der Waals surface area contributed by atoms with Crippen LogP contribution in [0.2, 0.25) is 0 Å². The second-order valence-electron chi connectivity index (χ2n) is 5.01. The predicted molar refractivity (Wildman–Crippen MR) is 81.1 cm³/mol. The lowest BCUT2D eigenvalue weighted by molar-refractivity contribution is 0.721. The Kier molecular flexibility index (Phi) is 4.06. The number of benzene rings is 1. The highest BCUT2D eigenvalue weighted by Crippen LogP contribution is 2.29. The fraction of sp³-hybridized carbons (Fsp3) is 0.444. The van der Waals surface area contributed by atoms with Crippen molar-refractivity contribution in [2.75, 3.05) is 0 Å². The van der Waals surface area contributed by atoms with Gasteiger partial charge in [0, 0.05) is 5.92 Å². The van der Waals surface area contributed by atoms with Gasteiger partial charge in [-0.3, -0.25) is 0 Å². The Labute approximate surface area is 111 Å². The van der Waals surface area contributed by atoms with Crippen molar-refractivity contribution in [2.45, 2.75) is 52.9 Å². The third-order valence-corrected chi connectivity index (χ3v) is 4.18. The van der Waals surface area contributed by atoms with Gasteiger partial charge in [-0.15, -0.1) is 0 Å². The minimum Gasteiger partial charge on any atom is -0.0795 e. The summed E-state index contributed by atoms with van der Waals surface area (Å²) in [6.07, 6.45) is 10.4. The van der Waals surface area contributed by atoms with Crippen LogP contribution in [0.5, 0.6) is 0 Å². The van der Waals surface area contributed by atoms with Gasteiger partial charge in [-0.1, -0.05) is 56.7 Å². The van der Waals surface area contributed by atoms with Crippen molar-refractivity contribution >= 4 is 12.2 Å². The highest BCUT2D eigenvalue weighted by atomic mass is 14.2. The van der Waals surface area contributed by atoms with Gasteiger partial charge in [0.25, 0.3) is 0 Å². The number of rotatable bonds is 3. The number of allylic oxidation sites excluding steroid dienone is 2. The van der Waals surface area contributed by atoms with Crippen LogP contribution in [0.15, 0.2) is 23.8 Å². The molecule has 0 nitrogen and oxygen atoms in total. The topological polar surface area (TPSA) is 0 Å². The fourth-order valence-corrected chi connectivity index (χ4v) is 3.19. The Morgan fingerprint density at radius 3 is 2.39 bits per heavy atom. The van der Waals surface area contributed by atoms with E-state index in [4.69, 9.17) is 0 Å². The zero-order chi connectivity index (χ0) is 13.1. The Hall–Kier alpha value is -1.30. The first-order chi connectivity index (χ1) is 8.76. The molecule has 0 aromatic heterocycles. The molecule has 0 heterocycles. The molecule has 0 amide bonds. The zero-order valence-electron chi connectivity index (χ0n) is 12.1. The molecule has 2 rings (SSSR count). The van der Waals surface area contributed by atoms with E-state index in [2.05, 4.69) is 58.1 Å². The minimum absolute atomic E-state index is 0.625. The molecule has 0 spiro atoms. The van der Waals surface area contributed by atoms with Crippen LogP contribution in [0.4, 0.5) is 0 Å². The quantitative estimate of drug-likeness (QED) is 0.756. The molecule has 0 fully saturated rings. The molecule has 18 heavy (non-hydrogen) atoms. The third-order valence-electron chi connectivity index (χ3n) is 4.18. The fourth-order valence-electron chi connectivity index (χ4n) is 3.19. The van der Waals surface area contributed by atoms with Crippen LogP contribution in [0.25, 0.3) is 12.2 Å². The maximum atomic E-state index is 2.36. The molecule has 1 aliphatic rings. The molecule has 96 valence electrons. The van der Waals surface area contributed by atoms with E-state index in [1.54, 1.807) is 5.57 Å². The van der Waals surface area contributed by atoms with Crippen molar-refractivity contribution in [3.8, 4) is 0 Å². The van der Waals surface area contributed by atoms with E-state index in [0.717, 1.165) is 12.8 Å². The zero-order valence-corrected chi connectivity index (χ0v) is 12.1. The smallest absolute Gasteiger partial charge is 0.00547 e. The first kappa shape index (κ1) is 13.1. The maximum absolute atomic E-state index is 2.36. The van der Waals surface area contributed by atoms with E-state index in [0.29, 0.717) is 5.92 Å². The highest BCUT2D eigenvalue weighted by molar-refractivity contribution is 5.53. The summed E-state index contributed by atoms with van der Waals surface area (Å²) in [4.78, 5) is 0. The lowest BCUT2D eigenvalue weighted by atomic mass is 9.82. The molecule has 1 aromatic carbocycles. The van der Waals surface area contributed by atoms with Gasteiger partial charge >= 0.3 is 0 Å². The van der Waals surface area contributed by atoms with Gasteiger partial charge < -0.3 is 0 Å². The molecule has 0 saturated carbocycles. The molecule has 0 N–H and O–H groups in total. The summed E-state index contributed by atoms with van der Waals surface area (Å²) in [6, 6.07) is 4.68. The molecule has 1 unspecified atom stereocenters. The van der Waals surface area contributed by atoms with Gasteiger partial charge in [0.05, 0.1) is 0 Å². The van der Waals surface area contributed by atoms with Crippen molar-refractivity contribution in [2.24, 2.45) is 0 Å². The highest BCUT2D eigenvalue weighted by Gasteiger charge is 2.17. The maximum Gasteiger partial charge on any atom is 0.00547 e. The van der Waals surface area contributed by atoms with E-state index in [9.17, 15) is 0 Å². The standard InChI is InChI=1S/C18H24/c1-5-13-9-11-18-16(8-4)14(6-2)10-12-17(18)15(13)7-3/h7,9-12,16H,5-6,8H2,1-4H3/b15-7+. The van der Waals surface area contributed by atoms with Gasteiger partial charge in [0.1, 0.15) is 0 Å². The first-order valence-electron chi connectivity index (χ1n) is 7.25. The van der Waals surface area contributed by atoms with Gasteiger partial charge in [-0.05, 0) is 47.8 Å². The van der Waals surface area contributed by atoms with Gasteiger partial charge in [0.2, 0.25) is 0 Å². The molecule has 1 aromatic rings. The van der Waals surface area contributed by atoms with Gasteiger partial charge in [-0.2, -0.15) is 0 Å². The molecule has 1 atom stereocenters. The van der Waals surface area contributed by atoms with E-state index in [1.165, 1.54) is 28.0 Å². The predicted octanol–water partition coefficient (Wildman–Crippen LogP) is 3.67. The van der Waals surface area contributed by atoms with Crippen LogP contribution in [0.3, 0.4) is 0 Å². The molecular weight excluding hydrogens is 216 g/mol. The molecule has 1 aliphatic carbocycles. The minimum atomic E-state index is 0.625. The summed E-state index contributed by atoms with van der Waals surface area (Å²) in [5, 5.41) is 2.90. The summed E-state index contributed by atoms with van der Waals surface area (Å²) >= 11 is 0. The number of hydrogen-bond donors (Lipinski definition) is 0. The largest absolute Gasteiger partial charge is 0.0795 e. The van der Waals surface area contributed by atoms with E-state index in [-0.39, 0.29) is 0 Å². The van der Waals surface area contributed by atoms with Crippen LogP contribution >= 0.6 is 0 Å². The van der Waals surface area contributed by atoms with E-state index < -0.39 is 0 Å². The Morgan fingerprint density at radius 2 is 1.83 bits per heavy atom. The van der Waals surface area contributed by atoms with Crippen LogP contribution in [-0.4, -0.2) is 0 Å². The summed E-state index contributed by atoms with van der Waals surface area (Å²) in [5.41, 5.74) is 4.58. The van der Waals surface area contributed by atoms with Crippen LogP contribution in [-0.2, 0) is 6.42 Å². The third kappa shape index (κ3) is 2.05. The van der Waals surface area contributed by atoms with Crippen LogP contribution in [0.1, 0.15) is 57.6 Å². The van der Waals surface area contributed by atoms with Crippen LogP contribution < -0.4 is 10.4 Å². The van der Waals surface area contributed by atoms with E-state index in [1.807, 2.05) is 0 Å². The van der Waals surface area contributed by atoms with Crippen molar-refractivity contribution in [3.63, 3.8) is 0 Å². The number of aryl methyl sites for hydroxylation is 1. The second kappa shape index (κ2) is 5.56. The molecule has 0 radical (unpaired) electrons. The monoisotopic (exact) mass is 240 g/mol. The second-order valence-corrected chi connectivity index (χ2v) is 5.01. The number of hydrogen-bond acceptors (Lipinski definition) is 0. The molecule has 0 saturated heterocycles.